The molecule has 0 aromatic heterocycles. The summed E-state index contributed by atoms with van der Waals surface area (Å²) in [7, 11) is 0. The fourth-order valence-electron chi connectivity index (χ4n) is 1.87. The predicted octanol–water partition coefficient (Wildman–Crippen LogP) is 3.10. The van der Waals surface area contributed by atoms with Crippen LogP contribution in [0.5, 0.6) is 0 Å². The van der Waals surface area contributed by atoms with Gasteiger partial charge in [-0.05, 0) is 61.3 Å². The number of aliphatic hydroxyl groups is 2. The van der Waals surface area contributed by atoms with Crippen LogP contribution in [0.1, 0.15) is 39.4 Å². The Morgan fingerprint density at radius 3 is 2.39 bits per heavy atom. The molecule has 0 heterocycles. The van der Waals surface area contributed by atoms with Crippen LogP contribution in [0.3, 0.4) is 0 Å². The molecule has 3 nitrogen and oxygen atoms in total. The zero-order chi connectivity index (χ0) is 13.9. The molecule has 1 rings (SSSR count). The molecular weight excluding hydrogens is 294 g/mol. The third kappa shape index (κ3) is 4.26. The number of benzene rings is 1. The normalized spacial score (nSPS) is 13.5. The topological polar surface area (TPSA) is 43.7 Å². The Labute approximate surface area is 118 Å². The van der Waals surface area contributed by atoms with Crippen LogP contribution in [0.15, 0.2) is 22.7 Å². The molecule has 0 fully saturated rings. The van der Waals surface area contributed by atoms with Crippen molar-refractivity contribution in [2.45, 2.75) is 39.4 Å². The largest absolute Gasteiger partial charge is 0.389 e. The Balaban J connectivity index is 3.00. The van der Waals surface area contributed by atoms with Gasteiger partial charge in [-0.25, -0.2) is 0 Å². The van der Waals surface area contributed by atoms with Crippen LogP contribution in [0, 0.1) is 0 Å². The SMILES string of the molecule is CCN(CC(C)(C)O)c1ccc(C(C)O)cc1Br. The van der Waals surface area contributed by atoms with Crippen molar-refractivity contribution in [3.63, 3.8) is 0 Å². The van der Waals surface area contributed by atoms with E-state index < -0.39 is 11.7 Å². The summed E-state index contributed by atoms with van der Waals surface area (Å²) in [5.41, 5.74) is 1.17. The molecule has 0 bridgehead atoms. The van der Waals surface area contributed by atoms with Crippen LogP contribution >= 0.6 is 15.9 Å². The summed E-state index contributed by atoms with van der Waals surface area (Å²) in [5.74, 6) is 0. The minimum Gasteiger partial charge on any atom is -0.389 e. The summed E-state index contributed by atoms with van der Waals surface area (Å²) in [5, 5.41) is 19.5. The van der Waals surface area contributed by atoms with Gasteiger partial charge in [-0.3, -0.25) is 0 Å². The minimum absolute atomic E-state index is 0.472. The fraction of sp³-hybridized carbons (Fsp3) is 0.571. The van der Waals surface area contributed by atoms with Crippen LogP contribution in [-0.4, -0.2) is 28.9 Å². The van der Waals surface area contributed by atoms with E-state index in [1.165, 1.54) is 0 Å². The lowest BCUT2D eigenvalue weighted by Gasteiger charge is -2.31. The lowest BCUT2D eigenvalue weighted by Crippen LogP contribution is -2.38. The molecule has 0 saturated heterocycles. The number of rotatable bonds is 5. The van der Waals surface area contributed by atoms with Crippen molar-refractivity contribution in [2.24, 2.45) is 0 Å². The smallest absolute Gasteiger partial charge is 0.0765 e. The highest BCUT2D eigenvalue weighted by atomic mass is 79.9. The van der Waals surface area contributed by atoms with Gasteiger partial charge in [0.1, 0.15) is 0 Å². The highest BCUT2D eigenvalue weighted by Gasteiger charge is 2.19. The number of nitrogens with zero attached hydrogens (tertiary/aromatic N) is 1. The number of hydrogen-bond donors (Lipinski definition) is 2. The van der Waals surface area contributed by atoms with E-state index in [2.05, 4.69) is 27.8 Å². The van der Waals surface area contributed by atoms with E-state index in [-0.39, 0.29) is 0 Å². The van der Waals surface area contributed by atoms with E-state index in [1.807, 2.05) is 18.2 Å². The molecule has 1 aromatic rings. The summed E-state index contributed by atoms with van der Waals surface area (Å²) in [6.07, 6.45) is -0.472. The summed E-state index contributed by atoms with van der Waals surface area (Å²) in [6, 6.07) is 5.81. The van der Waals surface area contributed by atoms with Gasteiger partial charge in [0.05, 0.1) is 17.4 Å². The number of anilines is 1. The van der Waals surface area contributed by atoms with Gasteiger partial charge in [-0.2, -0.15) is 0 Å². The van der Waals surface area contributed by atoms with E-state index >= 15 is 0 Å². The van der Waals surface area contributed by atoms with Gasteiger partial charge >= 0.3 is 0 Å². The summed E-state index contributed by atoms with van der Waals surface area (Å²) >= 11 is 3.53. The van der Waals surface area contributed by atoms with Gasteiger partial charge in [0.25, 0.3) is 0 Å². The van der Waals surface area contributed by atoms with Crippen molar-refractivity contribution < 1.29 is 10.2 Å². The van der Waals surface area contributed by atoms with E-state index in [4.69, 9.17) is 0 Å². The number of aliphatic hydroxyl groups excluding tert-OH is 1. The minimum atomic E-state index is -0.738. The first-order valence-corrected chi connectivity index (χ1v) is 6.98. The maximum absolute atomic E-state index is 9.92. The Hall–Kier alpha value is -0.580. The molecule has 18 heavy (non-hydrogen) atoms. The molecule has 0 spiro atoms. The molecule has 1 unspecified atom stereocenters. The highest BCUT2D eigenvalue weighted by molar-refractivity contribution is 9.10. The Kier molecular flexibility index (Phi) is 5.20. The van der Waals surface area contributed by atoms with E-state index in [1.54, 1.807) is 20.8 Å². The molecule has 0 saturated carbocycles. The Morgan fingerprint density at radius 2 is 2.00 bits per heavy atom. The van der Waals surface area contributed by atoms with Crippen molar-refractivity contribution in [2.75, 3.05) is 18.0 Å². The number of halogens is 1. The average Bonchev–Trinajstić information content (AvgIpc) is 2.24. The fourth-order valence-corrected chi connectivity index (χ4v) is 2.52. The molecule has 2 N–H and O–H groups in total. The summed E-state index contributed by atoms with van der Waals surface area (Å²) < 4.78 is 0.937. The zero-order valence-corrected chi connectivity index (χ0v) is 13.0. The molecule has 0 aliphatic carbocycles. The van der Waals surface area contributed by atoms with Gasteiger partial charge in [0.2, 0.25) is 0 Å². The quantitative estimate of drug-likeness (QED) is 0.877. The summed E-state index contributed by atoms with van der Waals surface area (Å²) in [4.78, 5) is 2.11. The van der Waals surface area contributed by atoms with Crippen molar-refractivity contribution in [1.29, 1.82) is 0 Å². The maximum atomic E-state index is 9.92. The molecule has 4 heteroatoms. The number of hydrogen-bond acceptors (Lipinski definition) is 3. The van der Waals surface area contributed by atoms with Crippen LogP contribution in [-0.2, 0) is 0 Å². The van der Waals surface area contributed by atoms with Crippen LogP contribution in [0.2, 0.25) is 0 Å². The highest BCUT2D eigenvalue weighted by Crippen LogP contribution is 2.30. The first-order valence-electron chi connectivity index (χ1n) is 6.19. The van der Waals surface area contributed by atoms with Crippen molar-refractivity contribution in [3.8, 4) is 0 Å². The molecule has 0 amide bonds. The monoisotopic (exact) mass is 315 g/mol. The van der Waals surface area contributed by atoms with Crippen molar-refractivity contribution >= 4 is 21.6 Å². The maximum Gasteiger partial charge on any atom is 0.0765 e. The van der Waals surface area contributed by atoms with Crippen LogP contribution in [0.25, 0.3) is 0 Å². The number of likely N-dealkylation sites (N-methyl/N-ethyl adjacent to an activating group) is 1. The Morgan fingerprint density at radius 1 is 1.39 bits per heavy atom. The third-order valence-electron chi connectivity index (χ3n) is 2.75. The molecular formula is C14H22BrNO2. The van der Waals surface area contributed by atoms with Crippen LogP contribution in [0.4, 0.5) is 5.69 Å². The Bertz CT molecular complexity index is 399. The molecule has 102 valence electrons. The van der Waals surface area contributed by atoms with Crippen LogP contribution < -0.4 is 4.90 Å². The van der Waals surface area contributed by atoms with Crippen molar-refractivity contribution in [3.05, 3.63) is 28.2 Å². The average molecular weight is 316 g/mol. The first kappa shape index (κ1) is 15.5. The zero-order valence-electron chi connectivity index (χ0n) is 11.4. The molecule has 1 atom stereocenters. The van der Waals surface area contributed by atoms with E-state index in [0.717, 1.165) is 22.3 Å². The van der Waals surface area contributed by atoms with Gasteiger partial charge in [0.15, 0.2) is 0 Å². The second kappa shape index (κ2) is 6.04. The van der Waals surface area contributed by atoms with E-state index in [9.17, 15) is 10.2 Å². The third-order valence-corrected chi connectivity index (χ3v) is 3.39. The van der Waals surface area contributed by atoms with Gasteiger partial charge < -0.3 is 15.1 Å². The summed E-state index contributed by atoms with van der Waals surface area (Å²) in [6.45, 7) is 8.78. The lowest BCUT2D eigenvalue weighted by atomic mass is 10.1. The van der Waals surface area contributed by atoms with E-state index in [0.29, 0.717) is 6.54 Å². The molecule has 0 radical (unpaired) electrons. The molecule has 1 aromatic carbocycles. The van der Waals surface area contributed by atoms with Gasteiger partial charge in [0, 0.05) is 17.6 Å². The lowest BCUT2D eigenvalue weighted by molar-refractivity contribution is 0.0875. The van der Waals surface area contributed by atoms with Crippen molar-refractivity contribution in [1.82, 2.24) is 0 Å². The molecule has 0 aliphatic heterocycles. The van der Waals surface area contributed by atoms with Gasteiger partial charge in [-0.15, -0.1) is 0 Å². The second-order valence-electron chi connectivity index (χ2n) is 5.21. The second-order valence-corrected chi connectivity index (χ2v) is 6.07. The standard InChI is InChI=1S/C14H22BrNO2/c1-5-16(9-14(3,4)18)13-7-6-11(10(2)17)8-12(13)15/h6-8,10,17-18H,5,9H2,1-4H3. The van der Waals surface area contributed by atoms with Gasteiger partial charge in [-0.1, -0.05) is 6.07 Å². The predicted molar refractivity (Wildman–Crippen MR) is 79.0 cm³/mol. The molecule has 0 aliphatic rings. The first-order chi connectivity index (χ1) is 8.24.